The zero-order chi connectivity index (χ0) is 18.0. The number of nitrogens with zero attached hydrogens (tertiary/aromatic N) is 2. The first-order chi connectivity index (χ1) is 12.0. The van der Waals surface area contributed by atoms with E-state index in [4.69, 9.17) is 0 Å². The van der Waals surface area contributed by atoms with Crippen molar-refractivity contribution in [2.45, 2.75) is 13.5 Å². The van der Waals surface area contributed by atoms with E-state index >= 15 is 0 Å². The summed E-state index contributed by atoms with van der Waals surface area (Å²) in [4.78, 5) is 36.5. The largest absolute Gasteiger partial charge is 0.293 e. The van der Waals surface area contributed by atoms with Crippen LogP contribution in [0.4, 0.5) is 10.5 Å². The van der Waals surface area contributed by atoms with Gasteiger partial charge in [-0.3, -0.25) is 24.6 Å². The molecule has 1 heterocycles. The zero-order valence-corrected chi connectivity index (χ0v) is 14.2. The van der Waals surface area contributed by atoms with E-state index in [0.717, 1.165) is 22.9 Å². The second-order valence-electron chi connectivity index (χ2n) is 5.55. The number of imide groups is 1. The molecule has 25 heavy (non-hydrogen) atoms. The summed E-state index contributed by atoms with van der Waals surface area (Å²) in [7, 11) is 0. The molecule has 0 N–H and O–H groups in total. The number of nitro benzene ring substituents is 1. The lowest BCUT2D eigenvalue weighted by Crippen LogP contribution is -2.27. The number of non-ortho nitro benzene ring substituents is 1. The van der Waals surface area contributed by atoms with Crippen molar-refractivity contribution in [1.29, 1.82) is 0 Å². The molecule has 0 unspecified atom stereocenters. The summed E-state index contributed by atoms with van der Waals surface area (Å²) in [5.41, 5.74) is 2.36. The van der Waals surface area contributed by atoms with Crippen LogP contribution in [0.15, 0.2) is 53.4 Å². The SMILES string of the molecule is Cc1ccccc1CN1C(=O)S/C(=C\c2cccc([N+](=O)[O-])c2)C1=O. The van der Waals surface area contributed by atoms with Crippen LogP contribution in [0, 0.1) is 17.0 Å². The third-order valence-corrected chi connectivity index (χ3v) is 4.75. The molecule has 2 amide bonds. The summed E-state index contributed by atoms with van der Waals surface area (Å²) in [6.45, 7) is 2.14. The van der Waals surface area contributed by atoms with Crippen molar-refractivity contribution in [3.63, 3.8) is 0 Å². The third kappa shape index (κ3) is 3.61. The number of amides is 2. The second-order valence-corrected chi connectivity index (χ2v) is 6.54. The molecule has 0 aliphatic carbocycles. The van der Waals surface area contributed by atoms with E-state index in [-0.39, 0.29) is 28.3 Å². The topological polar surface area (TPSA) is 80.5 Å². The minimum absolute atomic E-state index is 0.0621. The lowest BCUT2D eigenvalue weighted by atomic mass is 10.1. The molecule has 0 aromatic heterocycles. The van der Waals surface area contributed by atoms with Crippen molar-refractivity contribution in [2.24, 2.45) is 0 Å². The number of nitro groups is 1. The Kier molecular flexibility index (Phi) is 4.67. The smallest absolute Gasteiger partial charge is 0.268 e. The van der Waals surface area contributed by atoms with Gasteiger partial charge in [0.2, 0.25) is 0 Å². The van der Waals surface area contributed by atoms with Crippen molar-refractivity contribution >= 4 is 34.7 Å². The molecule has 1 fully saturated rings. The van der Waals surface area contributed by atoms with Crippen LogP contribution in [-0.4, -0.2) is 21.0 Å². The zero-order valence-electron chi connectivity index (χ0n) is 13.3. The van der Waals surface area contributed by atoms with Crippen molar-refractivity contribution in [2.75, 3.05) is 0 Å². The van der Waals surface area contributed by atoms with Crippen molar-refractivity contribution in [3.8, 4) is 0 Å². The average Bonchev–Trinajstić information content (AvgIpc) is 2.84. The molecule has 2 aromatic rings. The average molecular weight is 354 g/mol. The van der Waals surface area contributed by atoms with E-state index in [1.54, 1.807) is 12.1 Å². The monoisotopic (exact) mass is 354 g/mol. The minimum Gasteiger partial charge on any atom is -0.268 e. The van der Waals surface area contributed by atoms with Gasteiger partial charge in [0.1, 0.15) is 0 Å². The number of thioether (sulfide) groups is 1. The molecule has 3 rings (SSSR count). The summed E-state index contributed by atoms with van der Waals surface area (Å²) in [6, 6.07) is 13.5. The lowest BCUT2D eigenvalue weighted by Gasteiger charge is -2.14. The van der Waals surface area contributed by atoms with Crippen LogP contribution >= 0.6 is 11.8 Å². The number of carbonyl (C=O) groups is 2. The number of aryl methyl sites for hydroxylation is 1. The Balaban J connectivity index is 1.85. The Morgan fingerprint density at radius 1 is 1.16 bits per heavy atom. The van der Waals surface area contributed by atoms with Crippen LogP contribution in [0.3, 0.4) is 0 Å². The fourth-order valence-corrected chi connectivity index (χ4v) is 3.31. The molecule has 1 aliphatic heterocycles. The fraction of sp³-hybridized carbons (Fsp3) is 0.111. The molecular weight excluding hydrogens is 340 g/mol. The Morgan fingerprint density at radius 3 is 2.64 bits per heavy atom. The van der Waals surface area contributed by atoms with Crippen LogP contribution < -0.4 is 0 Å². The van der Waals surface area contributed by atoms with E-state index in [0.29, 0.717) is 5.56 Å². The maximum absolute atomic E-state index is 12.5. The predicted octanol–water partition coefficient (Wildman–Crippen LogP) is 4.14. The molecule has 0 spiro atoms. The summed E-state index contributed by atoms with van der Waals surface area (Å²) in [5, 5.41) is 10.5. The summed E-state index contributed by atoms with van der Waals surface area (Å²) in [6.07, 6.45) is 1.51. The maximum atomic E-state index is 12.5. The molecule has 1 aliphatic rings. The van der Waals surface area contributed by atoms with Crippen LogP contribution in [-0.2, 0) is 11.3 Å². The van der Waals surface area contributed by atoms with Gasteiger partial charge >= 0.3 is 0 Å². The summed E-state index contributed by atoms with van der Waals surface area (Å²) < 4.78 is 0. The van der Waals surface area contributed by atoms with E-state index in [1.807, 2.05) is 31.2 Å². The van der Waals surface area contributed by atoms with Crippen molar-refractivity contribution in [3.05, 3.63) is 80.2 Å². The van der Waals surface area contributed by atoms with E-state index in [9.17, 15) is 19.7 Å². The number of carbonyl (C=O) groups excluding carboxylic acids is 2. The molecule has 2 aromatic carbocycles. The first kappa shape index (κ1) is 16.9. The Hall–Kier alpha value is -2.93. The predicted molar refractivity (Wildman–Crippen MR) is 95.8 cm³/mol. The number of rotatable bonds is 4. The van der Waals surface area contributed by atoms with Crippen LogP contribution in [0.25, 0.3) is 6.08 Å². The molecule has 0 atom stereocenters. The highest BCUT2D eigenvalue weighted by Gasteiger charge is 2.35. The lowest BCUT2D eigenvalue weighted by molar-refractivity contribution is -0.384. The highest BCUT2D eigenvalue weighted by Crippen LogP contribution is 2.34. The quantitative estimate of drug-likeness (QED) is 0.468. The van der Waals surface area contributed by atoms with Gasteiger partial charge < -0.3 is 0 Å². The van der Waals surface area contributed by atoms with Gasteiger partial charge in [-0.05, 0) is 41.5 Å². The molecule has 0 radical (unpaired) electrons. The summed E-state index contributed by atoms with van der Waals surface area (Å²) >= 11 is 0.845. The van der Waals surface area contributed by atoms with Crippen molar-refractivity contribution in [1.82, 2.24) is 4.90 Å². The Bertz CT molecular complexity index is 907. The number of hydrogen-bond donors (Lipinski definition) is 0. The van der Waals surface area contributed by atoms with Crippen LogP contribution in [0.5, 0.6) is 0 Å². The Labute approximate surface area is 148 Å². The van der Waals surface area contributed by atoms with Crippen molar-refractivity contribution < 1.29 is 14.5 Å². The van der Waals surface area contributed by atoms with Gasteiger partial charge in [0.15, 0.2) is 0 Å². The highest BCUT2D eigenvalue weighted by atomic mass is 32.2. The van der Waals surface area contributed by atoms with E-state index in [1.165, 1.54) is 23.1 Å². The minimum atomic E-state index is -0.499. The molecule has 1 saturated heterocycles. The normalized spacial score (nSPS) is 15.9. The Morgan fingerprint density at radius 2 is 1.92 bits per heavy atom. The highest BCUT2D eigenvalue weighted by molar-refractivity contribution is 8.18. The fourth-order valence-electron chi connectivity index (χ4n) is 2.47. The molecule has 0 bridgehead atoms. The maximum Gasteiger partial charge on any atom is 0.293 e. The van der Waals surface area contributed by atoms with Gasteiger partial charge in [-0.25, -0.2) is 0 Å². The standard InChI is InChI=1S/C18H14N2O4S/c1-12-5-2-3-7-14(12)11-19-17(21)16(25-18(19)22)10-13-6-4-8-15(9-13)20(23)24/h2-10H,11H2,1H3/b16-10-. The van der Waals surface area contributed by atoms with E-state index < -0.39 is 4.92 Å². The number of hydrogen-bond acceptors (Lipinski definition) is 5. The summed E-state index contributed by atoms with van der Waals surface area (Å²) in [5.74, 6) is -0.384. The molecule has 6 nitrogen and oxygen atoms in total. The molecule has 7 heteroatoms. The van der Waals surface area contributed by atoms with Gasteiger partial charge in [-0.15, -0.1) is 0 Å². The second kappa shape index (κ2) is 6.90. The first-order valence-corrected chi connectivity index (χ1v) is 8.31. The van der Waals surface area contributed by atoms with Gasteiger partial charge in [-0.2, -0.15) is 0 Å². The molecular formula is C18H14N2O4S. The van der Waals surface area contributed by atoms with E-state index in [2.05, 4.69) is 0 Å². The van der Waals surface area contributed by atoms with Gasteiger partial charge in [0, 0.05) is 12.1 Å². The number of benzene rings is 2. The van der Waals surface area contributed by atoms with Crippen LogP contribution in [0.2, 0.25) is 0 Å². The van der Waals surface area contributed by atoms with Gasteiger partial charge in [0.05, 0.1) is 16.4 Å². The molecule has 126 valence electrons. The molecule has 0 saturated carbocycles. The van der Waals surface area contributed by atoms with Crippen LogP contribution in [0.1, 0.15) is 16.7 Å². The first-order valence-electron chi connectivity index (χ1n) is 7.50. The van der Waals surface area contributed by atoms with Gasteiger partial charge in [-0.1, -0.05) is 36.4 Å². The third-order valence-electron chi connectivity index (χ3n) is 3.84. The van der Waals surface area contributed by atoms with Gasteiger partial charge in [0.25, 0.3) is 16.8 Å².